The Morgan fingerprint density at radius 1 is 1.13 bits per heavy atom. The molecule has 0 aliphatic rings. The number of rotatable bonds is 3. The lowest BCUT2D eigenvalue weighted by Gasteiger charge is -2.13. The summed E-state index contributed by atoms with van der Waals surface area (Å²) in [6.07, 6.45) is 3.48. The van der Waals surface area contributed by atoms with Gasteiger partial charge in [0.1, 0.15) is 5.56 Å². The molecule has 0 atom stereocenters. The highest BCUT2D eigenvalue weighted by Gasteiger charge is 2.24. The minimum atomic E-state index is -0.675. The zero-order chi connectivity index (χ0) is 21.7. The van der Waals surface area contributed by atoms with Crippen LogP contribution in [0.4, 0.5) is 20.3 Å². The van der Waals surface area contributed by atoms with Crippen LogP contribution in [0.3, 0.4) is 0 Å². The SMILES string of the molecule is Bc1nc2c(C(=O)Nc3cncc(F)c3-c3c(B)nc(B)n3C)c(N)nn2cc1F. The fraction of sp³-hybridized carbons (Fsp3) is 0.0625. The van der Waals surface area contributed by atoms with Gasteiger partial charge in [-0.1, -0.05) is 0 Å². The van der Waals surface area contributed by atoms with Crippen LogP contribution in [-0.4, -0.2) is 58.6 Å². The second kappa shape index (κ2) is 6.97. The Balaban J connectivity index is 1.83. The number of pyridine rings is 1. The van der Waals surface area contributed by atoms with Gasteiger partial charge in [-0.15, -0.1) is 5.10 Å². The van der Waals surface area contributed by atoms with Gasteiger partial charge >= 0.3 is 0 Å². The van der Waals surface area contributed by atoms with Crippen molar-refractivity contribution in [3.63, 3.8) is 0 Å². The van der Waals surface area contributed by atoms with Crippen molar-refractivity contribution in [3.8, 4) is 11.3 Å². The largest absolute Gasteiger partial charge is 0.381 e. The molecule has 0 aliphatic carbocycles. The predicted molar refractivity (Wildman–Crippen MR) is 116 cm³/mol. The first kappa shape index (κ1) is 19.6. The van der Waals surface area contributed by atoms with Crippen molar-refractivity contribution in [1.29, 1.82) is 0 Å². The lowest BCUT2D eigenvalue weighted by molar-refractivity contribution is 0.102. The molecular weight excluding hydrogens is 391 g/mol. The van der Waals surface area contributed by atoms with Gasteiger partial charge in [-0.3, -0.25) is 14.8 Å². The predicted octanol–water partition coefficient (Wildman–Crippen LogP) is -3.59. The number of nitrogen functional groups attached to an aromatic ring is 1. The van der Waals surface area contributed by atoms with E-state index in [2.05, 4.69) is 25.4 Å². The van der Waals surface area contributed by atoms with Crippen molar-refractivity contribution in [3.05, 3.63) is 35.8 Å². The standard InChI is InChI=1S/C16H15B3F2N8O/c1-28-10(12(18)26-16(28)19)8-5(20)2-23-3-7(8)24-15(30)9-13(22)27-29-4-6(21)11(17)25-14(9)29/h2-4H,17-19H2,1H3,(H2,22,27)(H,24,30). The summed E-state index contributed by atoms with van der Waals surface area (Å²) in [6.45, 7) is 0. The van der Waals surface area contributed by atoms with E-state index in [0.29, 0.717) is 17.0 Å². The van der Waals surface area contributed by atoms with E-state index in [9.17, 15) is 13.6 Å². The summed E-state index contributed by atoms with van der Waals surface area (Å²) >= 11 is 0. The van der Waals surface area contributed by atoms with Gasteiger partial charge in [0, 0.05) is 18.2 Å². The van der Waals surface area contributed by atoms with Crippen molar-refractivity contribution in [2.24, 2.45) is 7.05 Å². The maximum atomic E-state index is 14.8. The van der Waals surface area contributed by atoms with Gasteiger partial charge in [-0.05, 0) is 0 Å². The van der Waals surface area contributed by atoms with Crippen LogP contribution in [0.2, 0.25) is 0 Å². The van der Waals surface area contributed by atoms with Crippen LogP contribution in [-0.2, 0) is 7.05 Å². The fourth-order valence-electron chi connectivity index (χ4n) is 3.35. The van der Waals surface area contributed by atoms with Crippen LogP contribution < -0.4 is 28.0 Å². The number of halogens is 2. The number of nitrogens with one attached hydrogen (secondary N) is 1. The number of carbonyl (C=O) groups is 1. The first-order chi connectivity index (χ1) is 14.2. The highest BCUT2D eigenvalue weighted by Crippen LogP contribution is 2.29. The fourth-order valence-corrected chi connectivity index (χ4v) is 3.35. The van der Waals surface area contributed by atoms with E-state index in [0.717, 1.165) is 16.9 Å². The molecule has 0 radical (unpaired) electrons. The molecule has 0 aromatic carbocycles. The third-order valence-corrected chi connectivity index (χ3v) is 4.87. The Kier molecular flexibility index (Phi) is 4.56. The van der Waals surface area contributed by atoms with Crippen LogP contribution in [0.1, 0.15) is 10.4 Å². The van der Waals surface area contributed by atoms with Gasteiger partial charge in [-0.2, -0.15) is 0 Å². The number of carbonyl (C=O) groups excluding carboxylic acids is 1. The lowest BCUT2D eigenvalue weighted by atomic mass is 9.97. The van der Waals surface area contributed by atoms with Gasteiger partial charge in [-0.25, -0.2) is 18.3 Å². The Hall–Kier alpha value is -3.70. The molecular formula is C16H15B3F2N8O. The molecule has 4 aromatic rings. The van der Waals surface area contributed by atoms with Crippen LogP contribution in [0.5, 0.6) is 0 Å². The van der Waals surface area contributed by atoms with E-state index in [1.807, 2.05) is 0 Å². The molecule has 0 aliphatic heterocycles. The van der Waals surface area contributed by atoms with Crippen molar-refractivity contribution < 1.29 is 13.6 Å². The summed E-state index contributed by atoms with van der Waals surface area (Å²) < 4.78 is 31.4. The Morgan fingerprint density at radius 2 is 1.87 bits per heavy atom. The lowest BCUT2D eigenvalue weighted by Crippen LogP contribution is -2.20. The minimum Gasteiger partial charge on any atom is -0.381 e. The molecule has 148 valence electrons. The highest BCUT2D eigenvalue weighted by molar-refractivity contribution is 6.38. The molecule has 0 spiro atoms. The quantitative estimate of drug-likeness (QED) is 0.340. The molecule has 14 heteroatoms. The number of anilines is 2. The molecule has 0 saturated carbocycles. The number of nitrogens with zero attached hydrogens (tertiary/aromatic N) is 6. The summed E-state index contributed by atoms with van der Waals surface area (Å²) in [4.78, 5) is 25.3. The van der Waals surface area contributed by atoms with Crippen LogP contribution in [0.25, 0.3) is 16.9 Å². The molecule has 3 N–H and O–H groups in total. The average molecular weight is 406 g/mol. The average Bonchev–Trinajstić information content (AvgIpc) is 3.11. The third-order valence-electron chi connectivity index (χ3n) is 4.87. The summed E-state index contributed by atoms with van der Waals surface area (Å²) in [7, 11) is 6.75. The van der Waals surface area contributed by atoms with Gasteiger partial charge in [0.25, 0.3) is 5.91 Å². The van der Waals surface area contributed by atoms with Gasteiger partial charge < -0.3 is 15.6 Å². The number of imidazole rings is 1. The second-order valence-corrected chi connectivity index (χ2v) is 6.85. The van der Waals surface area contributed by atoms with E-state index in [1.165, 1.54) is 14.0 Å². The van der Waals surface area contributed by atoms with E-state index >= 15 is 0 Å². The first-order valence-corrected chi connectivity index (χ1v) is 8.95. The zero-order valence-corrected chi connectivity index (χ0v) is 16.7. The van der Waals surface area contributed by atoms with Crippen molar-refractivity contribution in [2.45, 2.75) is 0 Å². The van der Waals surface area contributed by atoms with E-state index in [1.54, 1.807) is 27.3 Å². The summed E-state index contributed by atoms with van der Waals surface area (Å²) in [5.74, 6) is -2.02. The molecule has 1 amide bonds. The zero-order valence-electron chi connectivity index (χ0n) is 16.7. The number of hydrogen-bond acceptors (Lipinski definition) is 6. The van der Waals surface area contributed by atoms with Crippen LogP contribution >= 0.6 is 0 Å². The molecule has 9 nitrogen and oxygen atoms in total. The monoisotopic (exact) mass is 406 g/mol. The summed E-state index contributed by atoms with van der Waals surface area (Å²) in [5.41, 5.74) is 8.06. The summed E-state index contributed by atoms with van der Waals surface area (Å²) in [6, 6.07) is 0. The topological polar surface area (TPSA) is 116 Å². The molecule has 30 heavy (non-hydrogen) atoms. The van der Waals surface area contributed by atoms with Crippen LogP contribution in [0.15, 0.2) is 18.6 Å². The minimum absolute atomic E-state index is 0.0498. The number of hydrogen-bond donors (Lipinski definition) is 2. The molecule has 0 saturated heterocycles. The van der Waals surface area contributed by atoms with Crippen LogP contribution in [0, 0.1) is 11.6 Å². The maximum Gasteiger partial charge on any atom is 0.263 e. The smallest absolute Gasteiger partial charge is 0.263 e. The molecule has 4 rings (SSSR count). The molecule has 0 unspecified atom stereocenters. The Morgan fingerprint density at radius 3 is 2.53 bits per heavy atom. The first-order valence-electron chi connectivity index (χ1n) is 8.95. The Labute approximate surface area is 171 Å². The Bertz CT molecular complexity index is 1340. The van der Waals surface area contributed by atoms with Gasteiger partial charge in [0.15, 0.2) is 46.6 Å². The normalized spacial score (nSPS) is 11.2. The number of fused-ring (bicyclic) bond motifs is 1. The highest BCUT2D eigenvalue weighted by atomic mass is 19.1. The van der Waals surface area contributed by atoms with Crippen molar-refractivity contribution in [2.75, 3.05) is 11.1 Å². The maximum absolute atomic E-state index is 14.8. The second-order valence-electron chi connectivity index (χ2n) is 6.85. The molecule has 4 aromatic heterocycles. The van der Waals surface area contributed by atoms with E-state index < -0.39 is 17.5 Å². The third kappa shape index (κ3) is 3.00. The molecule has 0 fully saturated rings. The number of nitrogens with two attached hydrogens (primary N) is 1. The van der Waals surface area contributed by atoms with Crippen molar-refractivity contribution in [1.82, 2.24) is 29.1 Å². The van der Waals surface area contributed by atoms with E-state index in [-0.39, 0.29) is 33.9 Å². The van der Waals surface area contributed by atoms with E-state index in [4.69, 9.17) is 5.73 Å². The van der Waals surface area contributed by atoms with Gasteiger partial charge in [0.05, 0.1) is 41.3 Å². The van der Waals surface area contributed by atoms with Gasteiger partial charge in [0.2, 0.25) is 0 Å². The van der Waals surface area contributed by atoms with Crippen molar-refractivity contribution >= 4 is 63.5 Å². The number of aromatic nitrogens is 6. The summed E-state index contributed by atoms with van der Waals surface area (Å²) in [5, 5.41) is 6.57. The number of amides is 1. The molecule has 0 bridgehead atoms. The molecule has 4 heterocycles.